The van der Waals surface area contributed by atoms with E-state index in [1.165, 1.54) is 17.5 Å². The molecule has 0 spiro atoms. The summed E-state index contributed by atoms with van der Waals surface area (Å²) in [6, 6.07) is 3.76. The molecule has 0 heterocycles. The van der Waals surface area contributed by atoms with Crippen LogP contribution in [0, 0.1) is 0 Å². The van der Waals surface area contributed by atoms with Gasteiger partial charge >= 0.3 is 5.97 Å². The lowest BCUT2D eigenvalue weighted by Gasteiger charge is -2.25. The number of carbonyl (C=O) groups is 1. The van der Waals surface area contributed by atoms with Crippen LogP contribution in [0.5, 0.6) is 5.75 Å². The van der Waals surface area contributed by atoms with Crippen LogP contribution in [0.3, 0.4) is 0 Å². The Balaban J connectivity index is 2.08. The molecule has 1 aromatic rings. The summed E-state index contributed by atoms with van der Waals surface area (Å²) in [5.41, 5.74) is 3.21. The number of rotatable bonds is 3. The first-order valence-corrected chi connectivity index (χ1v) is 6.68. The molecule has 96 valence electrons. The zero-order valence-electron chi connectivity index (χ0n) is 10.4. The minimum atomic E-state index is -0.764. The molecule has 3 heteroatoms. The Labute approximate surface area is 106 Å². The maximum absolute atomic E-state index is 11.0. The minimum absolute atomic E-state index is 0.150. The third kappa shape index (κ3) is 1.78. The quantitative estimate of drug-likeness (QED) is 0.862. The Kier molecular flexibility index (Phi) is 2.58. The molecule has 2 aliphatic carbocycles. The third-order valence-corrected chi connectivity index (χ3v) is 4.38. The van der Waals surface area contributed by atoms with Crippen molar-refractivity contribution in [1.82, 2.24) is 0 Å². The van der Waals surface area contributed by atoms with E-state index in [0.717, 1.165) is 37.7 Å². The van der Waals surface area contributed by atoms with E-state index in [9.17, 15) is 9.90 Å². The van der Waals surface area contributed by atoms with Crippen molar-refractivity contribution in [3.8, 4) is 5.75 Å². The molecule has 0 amide bonds. The minimum Gasteiger partial charge on any atom is -0.508 e. The van der Waals surface area contributed by atoms with Crippen LogP contribution in [0.25, 0.3) is 0 Å². The van der Waals surface area contributed by atoms with Crippen molar-refractivity contribution in [2.45, 2.75) is 50.4 Å². The van der Waals surface area contributed by atoms with Crippen LogP contribution in [0.4, 0.5) is 0 Å². The number of phenolic OH excluding ortho intramolecular Hbond substituents is 1. The molecule has 3 rings (SSSR count). The Hall–Kier alpha value is -1.51. The van der Waals surface area contributed by atoms with Crippen LogP contribution in [-0.4, -0.2) is 16.2 Å². The first kappa shape index (κ1) is 11.6. The van der Waals surface area contributed by atoms with Crippen LogP contribution in [0.15, 0.2) is 12.1 Å². The van der Waals surface area contributed by atoms with Gasteiger partial charge in [0.1, 0.15) is 5.75 Å². The molecular formula is C15H18O3. The zero-order valence-corrected chi connectivity index (χ0v) is 10.4. The number of aliphatic carboxylic acids is 1. The van der Waals surface area contributed by atoms with E-state index in [0.29, 0.717) is 5.75 Å². The molecule has 3 nitrogen and oxygen atoms in total. The largest absolute Gasteiger partial charge is 0.508 e. The monoisotopic (exact) mass is 246 g/mol. The molecule has 0 bridgehead atoms. The van der Waals surface area contributed by atoms with Crippen LogP contribution < -0.4 is 0 Å². The Morgan fingerprint density at radius 1 is 1.22 bits per heavy atom. The van der Waals surface area contributed by atoms with Gasteiger partial charge in [-0.25, -0.2) is 0 Å². The topological polar surface area (TPSA) is 57.5 Å². The zero-order chi connectivity index (χ0) is 12.8. The second-order valence-electron chi connectivity index (χ2n) is 5.66. The maximum Gasteiger partial charge on any atom is 0.304 e. The summed E-state index contributed by atoms with van der Waals surface area (Å²) in [6.07, 6.45) is 6.32. The van der Waals surface area contributed by atoms with E-state index in [1.54, 1.807) is 6.07 Å². The summed E-state index contributed by atoms with van der Waals surface area (Å²) >= 11 is 0. The van der Waals surface area contributed by atoms with Crippen molar-refractivity contribution < 1.29 is 15.0 Å². The molecule has 0 saturated heterocycles. The van der Waals surface area contributed by atoms with E-state index >= 15 is 0 Å². The fourth-order valence-corrected chi connectivity index (χ4v) is 3.36. The second-order valence-corrected chi connectivity index (χ2v) is 5.66. The summed E-state index contributed by atoms with van der Waals surface area (Å²) in [5.74, 6) is -0.463. The molecule has 1 aromatic carbocycles. The van der Waals surface area contributed by atoms with Gasteiger partial charge in [-0.3, -0.25) is 4.79 Å². The predicted molar refractivity (Wildman–Crippen MR) is 67.9 cm³/mol. The summed E-state index contributed by atoms with van der Waals surface area (Å²) in [7, 11) is 0. The number of aryl methyl sites for hydroxylation is 1. The van der Waals surface area contributed by atoms with Gasteiger partial charge in [0, 0.05) is 11.0 Å². The number of fused-ring (bicyclic) bond motifs is 1. The molecule has 2 aliphatic rings. The smallest absolute Gasteiger partial charge is 0.304 e. The Bertz CT molecular complexity index is 501. The normalized spacial score (nSPS) is 20.2. The number of carboxylic acids is 1. The lowest BCUT2D eigenvalue weighted by Crippen LogP contribution is -2.18. The van der Waals surface area contributed by atoms with Gasteiger partial charge in [-0.05, 0) is 55.7 Å². The average molecular weight is 246 g/mol. The molecule has 0 radical (unpaired) electrons. The van der Waals surface area contributed by atoms with Crippen molar-refractivity contribution in [2.24, 2.45) is 0 Å². The van der Waals surface area contributed by atoms with Crippen LogP contribution in [0.1, 0.15) is 48.8 Å². The molecule has 1 saturated carbocycles. The van der Waals surface area contributed by atoms with Crippen molar-refractivity contribution in [3.63, 3.8) is 0 Å². The predicted octanol–water partition coefficient (Wildman–Crippen LogP) is 2.78. The molecule has 2 N–H and O–H groups in total. The highest BCUT2D eigenvalue weighted by Crippen LogP contribution is 2.55. The van der Waals surface area contributed by atoms with Gasteiger partial charge < -0.3 is 10.2 Å². The number of hydrogen-bond acceptors (Lipinski definition) is 2. The summed E-state index contributed by atoms with van der Waals surface area (Å²) < 4.78 is 0. The number of carboxylic acid groups (broad SMARTS) is 1. The van der Waals surface area contributed by atoms with Crippen molar-refractivity contribution in [1.29, 1.82) is 0 Å². The molecular weight excluding hydrogens is 228 g/mol. The number of hydrogen-bond donors (Lipinski definition) is 2. The first-order chi connectivity index (χ1) is 8.62. The second kappa shape index (κ2) is 4.01. The number of phenols is 1. The molecule has 0 aliphatic heterocycles. The highest BCUT2D eigenvalue weighted by atomic mass is 16.4. The van der Waals surface area contributed by atoms with Crippen molar-refractivity contribution >= 4 is 5.97 Å². The summed E-state index contributed by atoms with van der Waals surface area (Å²) in [6.45, 7) is 0. The lowest BCUT2D eigenvalue weighted by atomic mass is 9.80. The highest BCUT2D eigenvalue weighted by Gasteiger charge is 2.49. The van der Waals surface area contributed by atoms with Gasteiger partial charge in [-0.15, -0.1) is 0 Å². The molecule has 0 atom stereocenters. The lowest BCUT2D eigenvalue weighted by molar-refractivity contribution is -0.137. The van der Waals surface area contributed by atoms with Crippen LogP contribution in [0.2, 0.25) is 0 Å². The maximum atomic E-state index is 11.0. The fourth-order valence-electron chi connectivity index (χ4n) is 3.36. The Morgan fingerprint density at radius 2 is 1.94 bits per heavy atom. The summed E-state index contributed by atoms with van der Waals surface area (Å²) in [5, 5.41) is 19.2. The van der Waals surface area contributed by atoms with Crippen LogP contribution >= 0.6 is 0 Å². The van der Waals surface area contributed by atoms with Gasteiger partial charge in [-0.1, -0.05) is 6.07 Å². The van der Waals surface area contributed by atoms with Gasteiger partial charge in [0.2, 0.25) is 0 Å². The van der Waals surface area contributed by atoms with Crippen molar-refractivity contribution in [3.05, 3.63) is 28.8 Å². The van der Waals surface area contributed by atoms with Crippen LogP contribution in [-0.2, 0) is 23.1 Å². The standard InChI is InChI=1S/C15H18O3/c16-12-6-5-10-3-1-2-4-11(10)14(12)15(7-8-15)9-13(17)18/h5-6,16H,1-4,7-9H2,(H,17,18). The van der Waals surface area contributed by atoms with Crippen molar-refractivity contribution in [2.75, 3.05) is 0 Å². The van der Waals surface area contributed by atoms with E-state index in [4.69, 9.17) is 5.11 Å². The number of aromatic hydroxyl groups is 1. The van der Waals surface area contributed by atoms with E-state index in [-0.39, 0.29) is 11.8 Å². The van der Waals surface area contributed by atoms with Gasteiger partial charge in [-0.2, -0.15) is 0 Å². The highest BCUT2D eigenvalue weighted by molar-refractivity contribution is 5.71. The molecule has 0 aromatic heterocycles. The first-order valence-electron chi connectivity index (χ1n) is 6.68. The number of benzene rings is 1. The SMILES string of the molecule is O=C(O)CC1(c2c(O)ccc3c2CCCC3)CC1. The van der Waals surface area contributed by atoms with Gasteiger partial charge in [0.05, 0.1) is 6.42 Å². The Morgan fingerprint density at radius 3 is 2.61 bits per heavy atom. The summed E-state index contributed by atoms with van der Waals surface area (Å²) in [4.78, 5) is 11.0. The van der Waals surface area contributed by atoms with E-state index in [2.05, 4.69) is 0 Å². The van der Waals surface area contributed by atoms with E-state index in [1.807, 2.05) is 6.07 Å². The average Bonchev–Trinajstić information content (AvgIpc) is 3.08. The molecule has 18 heavy (non-hydrogen) atoms. The molecule has 0 unspecified atom stereocenters. The van der Waals surface area contributed by atoms with Gasteiger partial charge in [0.15, 0.2) is 0 Å². The fraction of sp³-hybridized carbons (Fsp3) is 0.533. The van der Waals surface area contributed by atoms with Gasteiger partial charge in [0.25, 0.3) is 0 Å². The molecule has 1 fully saturated rings. The van der Waals surface area contributed by atoms with E-state index < -0.39 is 5.97 Å². The third-order valence-electron chi connectivity index (χ3n) is 4.38.